The number of para-hydroxylation sites is 2. The molecule has 0 fully saturated rings. The number of aromatic nitrogens is 1. The topological polar surface area (TPSA) is 8.17 Å². The van der Waals surface area contributed by atoms with Crippen molar-refractivity contribution >= 4 is 38.9 Å². The van der Waals surface area contributed by atoms with Crippen LogP contribution in [0, 0.1) is 0 Å². The fraction of sp³-hybridized carbons (Fsp3) is 0.0182. The third-order valence-corrected chi connectivity index (χ3v) is 11.9. The Morgan fingerprint density at radius 2 is 0.825 bits per heavy atom. The number of rotatable bonds is 7. The largest absolute Gasteiger partial charge is 0.311 e. The van der Waals surface area contributed by atoms with Crippen LogP contribution in [-0.4, -0.2) is 4.57 Å². The Labute approximate surface area is 333 Å². The summed E-state index contributed by atoms with van der Waals surface area (Å²) in [4.78, 5) is 2.33. The summed E-state index contributed by atoms with van der Waals surface area (Å²) in [6, 6.07) is 84.1. The molecule has 0 spiro atoms. The SMILES string of the molecule is c1ccc(-c2ccc(N(c3ccccc3)c3ccc(-n4c5ccccc5c5cc(C6(c7ccccc7)c7ccccc7-c7ccccc76)ccc54)cc3)cc2)cc1. The van der Waals surface area contributed by atoms with E-state index in [-0.39, 0.29) is 0 Å². The van der Waals surface area contributed by atoms with Gasteiger partial charge < -0.3 is 9.47 Å². The highest BCUT2D eigenvalue weighted by atomic mass is 15.1. The molecule has 57 heavy (non-hydrogen) atoms. The van der Waals surface area contributed by atoms with Crippen molar-refractivity contribution < 1.29 is 0 Å². The van der Waals surface area contributed by atoms with E-state index in [0.717, 1.165) is 22.7 Å². The van der Waals surface area contributed by atoms with E-state index < -0.39 is 5.41 Å². The average molecular weight is 727 g/mol. The quantitative estimate of drug-likeness (QED) is 0.159. The van der Waals surface area contributed by atoms with Gasteiger partial charge in [-0.05, 0) is 111 Å². The van der Waals surface area contributed by atoms with Gasteiger partial charge in [-0.1, -0.05) is 164 Å². The van der Waals surface area contributed by atoms with Gasteiger partial charge in [0.15, 0.2) is 0 Å². The molecule has 0 unspecified atom stereocenters. The Kier molecular flexibility index (Phi) is 7.75. The van der Waals surface area contributed by atoms with Gasteiger partial charge in [0, 0.05) is 33.5 Å². The Bertz CT molecular complexity index is 2990. The lowest BCUT2D eigenvalue weighted by Crippen LogP contribution is -2.28. The summed E-state index contributed by atoms with van der Waals surface area (Å²) in [6.45, 7) is 0. The molecule has 2 nitrogen and oxygen atoms in total. The first-order valence-corrected chi connectivity index (χ1v) is 19.7. The molecule has 2 heteroatoms. The van der Waals surface area contributed by atoms with Crippen LogP contribution in [0.5, 0.6) is 0 Å². The second-order valence-electron chi connectivity index (χ2n) is 14.9. The Morgan fingerprint density at radius 3 is 1.49 bits per heavy atom. The smallest absolute Gasteiger partial charge is 0.0713 e. The Balaban J connectivity index is 1.05. The molecular formula is C55H38N2. The summed E-state index contributed by atoms with van der Waals surface area (Å²) in [6.07, 6.45) is 0. The van der Waals surface area contributed by atoms with E-state index in [0.29, 0.717) is 0 Å². The fourth-order valence-electron chi connectivity index (χ4n) is 9.40. The highest BCUT2D eigenvalue weighted by Gasteiger charge is 2.46. The van der Waals surface area contributed by atoms with Crippen molar-refractivity contribution in [3.8, 4) is 27.9 Å². The summed E-state index contributed by atoms with van der Waals surface area (Å²) in [5.41, 5.74) is 16.6. The maximum Gasteiger partial charge on any atom is 0.0713 e. The molecule has 10 aromatic rings. The molecule has 1 aliphatic rings. The van der Waals surface area contributed by atoms with Crippen LogP contribution in [0.15, 0.2) is 231 Å². The molecule has 11 rings (SSSR count). The minimum absolute atomic E-state index is 0.451. The maximum absolute atomic E-state index is 2.46. The molecule has 1 aliphatic carbocycles. The number of anilines is 3. The zero-order valence-electron chi connectivity index (χ0n) is 31.3. The molecule has 0 atom stereocenters. The third kappa shape index (κ3) is 5.18. The van der Waals surface area contributed by atoms with Crippen LogP contribution < -0.4 is 4.90 Å². The van der Waals surface area contributed by atoms with Crippen LogP contribution in [0.25, 0.3) is 49.7 Å². The van der Waals surface area contributed by atoms with Gasteiger partial charge in [0.2, 0.25) is 0 Å². The zero-order valence-corrected chi connectivity index (χ0v) is 31.3. The first-order chi connectivity index (χ1) is 28.3. The second kappa shape index (κ2) is 13.4. The molecule has 1 aromatic heterocycles. The number of nitrogens with zero attached hydrogens (tertiary/aromatic N) is 2. The van der Waals surface area contributed by atoms with Gasteiger partial charge in [-0.3, -0.25) is 0 Å². The first kappa shape index (κ1) is 33.0. The summed E-state index contributed by atoms with van der Waals surface area (Å²) < 4.78 is 2.42. The van der Waals surface area contributed by atoms with Crippen LogP contribution in [-0.2, 0) is 5.41 Å². The number of benzene rings is 9. The van der Waals surface area contributed by atoms with E-state index in [1.807, 2.05) is 0 Å². The molecule has 0 bridgehead atoms. The van der Waals surface area contributed by atoms with Crippen LogP contribution in [0.2, 0.25) is 0 Å². The molecule has 0 saturated carbocycles. The normalized spacial score (nSPS) is 12.7. The van der Waals surface area contributed by atoms with Crippen LogP contribution in [0.4, 0.5) is 17.1 Å². The van der Waals surface area contributed by atoms with Crippen molar-refractivity contribution in [1.29, 1.82) is 0 Å². The summed E-state index contributed by atoms with van der Waals surface area (Å²) in [5, 5.41) is 2.49. The molecule has 1 heterocycles. The zero-order chi connectivity index (χ0) is 37.8. The van der Waals surface area contributed by atoms with E-state index in [1.54, 1.807) is 0 Å². The third-order valence-electron chi connectivity index (χ3n) is 11.9. The van der Waals surface area contributed by atoms with E-state index in [4.69, 9.17) is 0 Å². The molecule has 0 amide bonds. The lowest BCUT2D eigenvalue weighted by molar-refractivity contribution is 0.770. The van der Waals surface area contributed by atoms with Gasteiger partial charge in [0.05, 0.1) is 16.4 Å². The second-order valence-corrected chi connectivity index (χ2v) is 14.9. The van der Waals surface area contributed by atoms with Crippen molar-refractivity contribution in [2.75, 3.05) is 4.90 Å². The van der Waals surface area contributed by atoms with Crippen molar-refractivity contribution in [3.63, 3.8) is 0 Å². The van der Waals surface area contributed by atoms with Crippen molar-refractivity contribution in [1.82, 2.24) is 4.57 Å². The summed E-state index contributed by atoms with van der Waals surface area (Å²) in [5.74, 6) is 0. The van der Waals surface area contributed by atoms with E-state index in [9.17, 15) is 0 Å². The summed E-state index contributed by atoms with van der Waals surface area (Å²) in [7, 11) is 0. The average Bonchev–Trinajstić information content (AvgIpc) is 3.79. The first-order valence-electron chi connectivity index (χ1n) is 19.7. The molecule has 268 valence electrons. The fourth-order valence-corrected chi connectivity index (χ4v) is 9.40. The van der Waals surface area contributed by atoms with Gasteiger partial charge in [-0.15, -0.1) is 0 Å². The molecule has 0 saturated heterocycles. The minimum atomic E-state index is -0.451. The monoisotopic (exact) mass is 726 g/mol. The molecule has 0 N–H and O–H groups in total. The Morgan fingerprint density at radius 1 is 0.333 bits per heavy atom. The molecular weight excluding hydrogens is 689 g/mol. The van der Waals surface area contributed by atoms with Crippen LogP contribution in [0.1, 0.15) is 22.3 Å². The number of hydrogen-bond acceptors (Lipinski definition) is 1. The highest BCUT2D eigenvalue weighted by Crippen LogP contribution is 2.56. The molecule has 0 aliphatic heterocycles. The van der Waals surface area contributed by atoms with Crippen LogP contribution >= 0.6 is 0 Å². The number of hydrogen-bond donors (Lipinski definition) is 0. The standard InChI is InChI=1S/C55H38N2/c1-4-16-39(17-5-1)40-28-31-44(32-29-40)56(43-20-8-3-9-21-43)45-33-35-46(36-34-45)57-53-27-15-12-24-49(53)50-38-42(30-37-54(50)57)55(41-18-6-2-7-19-41)51-25-13-10-22-47(51)48-23-11-14-26-52(48)55/h1-38H. The van der Waals surface area contributed by atoms with Crippen LogP contribution in [0.3, 0.4) is 0 Å². The van der Waals surface area contributed by atoms with Crippen molar-refractivity contribution in [3.05, 3.63) is 253 Å². The molecule has 0 radical (unpaired) electrons. The molecule has 9 aromatic carbocycles. The predicted octanol–water partition coefficient (Wildman–Crippen LogP) is 14.3. The lowest BCUT2D eigenvalue weighted by atomic mass is 9.67. The van der Waals surface area contributed by atoms with Gasteiger partial charge in [-0.2, -0.15) is 0 Å². The summed E-state index contributed by atoms with van der Waals surface area (Å²) >= 11 is 0. The van der Waals surface area contributed by atoms with E-state index in [2.05, 4.69) is 240 Å². The van der Waals surface area contributed by atoms with Gasteiger partial charge in [0.1, 0.15) is 0 Å². The van der Waals surface area contributed by atoms with E-state index >= 15 is 0 Å². The lowest BCUT2D eigenvalue weighted by Gasteiger charge is -2.34. The van der Waals surface area contributed by atoms with Crippen molar-refractivity contribution in [2.24, 2.45) is 0 Å². The van der Waals surface area contributed by atoms with Gasteiger partial charge >= 0.3 is 0 Å². The van der Waals surface area contributed by atoms with Gasteiger partial charge in [-0.25, -0.2) is 0 Å². The van der Waals surface area contributed by atoms with Gasteiger partial charge in [0.25, 0.3) is 0 Å². The predicted molar refractivity (Wildman–Crippen MR) is 238 cm³/mol. The van der Waals surface area contributed by atoms with Crippen molar-refractivity contribution in [2.45, 2.75) is 5.41 Å². The highest BCUT2D eigenvalue weighted by molar-refractivity contribution is 6.10. The number of fused-ring (bicyclic) bond motifs is 6. The van der Waals surface area contributed by atoms with E-state index in [1.165, 1.54) is 66.3 Å². The maximum atomic E-state index is 2.46. The minimum Gasteiger partial charge on any atom is -0.311 e. The Hall–Kier alpha value is -7.42.